The Labute approximate surface area is 201 Å². The Balaban J connectivity index is 1.21. The van der Waals surface area contributed by atoms with Crippen LogP contribution in [0.2, 0.25) is 0 Å². The molecule has 2 N–H and O–H groups in total. The van der Waals surface area contributed by atoms with Gasteiger partial charge in [-0.2, -0.15) is 0 Å². The molecule has 0 radical (unpaired) electrons. The Morgan fingerprint density at radius 1 is 0.941 bits per heavy atom. The maximum Gasteiger partial charge on any atom is 0.319 e. The van der Waals surface area contributed by atoms with Gasteiger partial charge >= 0.3 is 6.03 Å². The number of aromatic nitrogens is 1. The molecule has 1 saturated heterocycles. The number of carbonyl (C=O) groups is 1. The highest BCUT2D eigenvalue weighted by Gasteiger charge is 2.15. The summed E-state index contributed by atoms with van der Waals surface area (Å²) in [5.41, 5.74) is 2.73. The number of urea groups is 1. The lowest BCUT2D eigenvalue weighted by Crippen LogP contribution is -2.33. The first-order valence-corrected chi connectivity index (χ1v) is 11.9. The van der Waals surface area contributed by atoms with E-state index in [2.05, 4.69) is 20.5 Å². The molecule has 0 atom stereocenters. The number of piperidine rings is 1. The lowest BCUT2D eigenvalue weighted by molar-refractivity contribution is 0.0889. The maximum atomic E-state index is 12.5. The Kier molecular flexibility index (Phi) is 8.74. The Bertz CT molecular complexity index is 1040. The summed E-state index contributed by atoms with van der Waals surface area (Å²) in [5.74, 6) is 1.80. The molecule has 2 heterocycles. The van der Waals surface area contributed by atoms with Crippen LogP contribution in [0.15, 0.2) is 72.9 Å². The van der Waals surface area contributed by atoms with Gasteiger partial charge in [0.15, 0.2) is 0 Å². The number of hydrogen-bond acceptors (Lipinski definition) is 5. The quantitative estimate of drug-likeness (QED) is 0.417. The average molecular weight is 461 g/mol. The lowest BCUT2D eigenvalue weighted by Gasteiger charge is -2.29. The molecule has 2 aromatic carbocycles. The summed E-state index contributed by atoms with van der Waals surface area (Å²) in [6.45, 7) is 3.88. The molecule has 2 amide bonds. The monoisotopic (exact) mass is 460 g/mol. The number of pyridine rings is 1. The summed E-state index contributed by atoms with van der Waals surface area (Å²) in [6, 6.07) is 21.0. The number of para-hydroxylation sites is 1. The molecule has 0 unspecified atom stereocenters. The van der Waals surface area contributed by atoms with E-state index in [1.54, 1.807) is 0 Å². The fourth-order valence-electron chi connectivity index (χ4n) is 3.97. The van der Waals surface area contributed by atoms with Crippen molar-refractivity contribution in [3.63, 3.8) is 0 Å². The van der Waals surface area contributed by atoms with Crippen LogP contribution in [-0.4, -0.2) is 37.3 Å². The van der Waals surface area contributed by atoms with Gasteiger partial charge < -0.3 is 25.0 Å². The van der Waals surface area contributed by atoms with Crippen molar-refractivity contribution < 1.29 is 14.3 Å². The fourth-order valence-corrected chi connectivity index (χ4v) is 3.97. The minimum Gasteiger partial charge on any atom is -0.491 e. The largest absolute Gasteiger partial charge is 0.491 e. The van der Waals surface area contributed by atoms with Gasteiger partial charge in [0.2, 0.25) is 0 Å². The molecule has 178 valence electrons. The predicted molar refractivity (Wildman–Crippen MR) is 134 cm³/mol. The first-order valence-electron chi connectivity index (χ1n) is 11.9. The molecule has 0 aliphatic carbocycles. The second-order valence-electron chi connectivity index (χ2n) is 8.26. The van der Waals surface area contributed by atoms with Crippen molar-refractivity contribution in [3.05, 3.63) is 84.1 Å². The van der Waals surface area contributed by atoms with E-state index in [1.165, 1.54) is 19.3 Å². The van der Waals surface area contributed by atoms with Gasteiger partial charge in [0.05, 0.1) is 13.2 Å². The lowest BCUT2D eigenvalue weighted by atomic mass is 10.1. The molecule has 1 aliphatic rings. The number of amides is 2. The summed E-state index contributed by atoms with van der Waals surface area (Å²) >= 11 is 0. The number of anilines is 2. The van der Waals surface area contributed by atoms with Crippen molar-refractivity contribution in [2.45, 2.75) is 32.4 Å². The van der Waals surface area contributed by atoms with Crippen LogP contribution in [-0.2, 0) is 17.9 Å². The van der Waals surface area contributed by atoms with Gasteiger partial charge in [-0.15, -0.1) is 0 Å². The Morgan fingerprint density at radius 2 is 1.79 bits per heavy atom. The topological polar surface area (TPSA) is 75.7 Å². The normalized spacial score (nSPS) is 13.4. The predicted octanol–water partition coefficient (Wildman–Crippen LogP) is 4.99. The molecule has 0 bridgehead atoms. The first kappa shape index (κ1) is 23.6. The fraction of sp³-hybridized carbons (Fsp3) is 0.333. The van der Waals surface area contributed by atoms with Crippen molar-refractivity contribution >= 4 is 17.5 Å². The van der Waals surface area contributed by atoms with E-state index in [-0.39, 0.29) is 6.03 Å². The number of ether oxygens (including phenoxy) is 2. The van der Waals surface area contributed by atoms with Crippen LogP contribution in [0.3, 0.4) is 0 Å². The summed E-state index contributed by atoms with van der Waals surface area (Å²) in [5, 5.41) is 5.87. The van der Waals surface area contributed by atoms with Crippen molar-refractivity contribution in [2.24, 2.45) is 0 Å². The van der Waals surface area contributed by atoms with Gasteiger partial charge in [0, 0.05) is 37.1 Å². The highest BCUT2D eigenvalue weighted by molar-refractivity contribution is 5.89. The average Bonchev–Trinajstić information content (AvgIpc) is 2.89. The number of benzene rings is 2. The zero-order valence-electron chi connectivity index (χ0n) is 19.4. The zero-order valence-corrected chi connectivity index (χ0v) is 19.4. The van der Waals surface area contributed by atoms with Crippen LogP contribution in [0.1, 0.15) is 30.4 Å². The van der Waals surface area contributed by atoms with Crippen LogP contribution >= 0.6 is 0 Å². The maximum absolute atomic E-state index is 12.5. The number of hydrogen-bond donors (Lipinski definition) is 2. The number of nitrogens with zero attached hydrogens (tertiary/aromatic N) is 2. The molecule has 34 heavy (non-hydrogen) atoms. The Hall–Kier alpha value is -3.58. The van der Waals surface area contributed by atoms with Gasteiger partial charge in [-0.05, 0) is 55.2 Å². The molecular weight excluding hydrogens is 428 g/mol. The highest BCUT2D eigenvalue weighted by Crippen LogP contribution is 2.21. The van der Waals surface area contributed by atoms with Crippen molar-refractivity contribution in [1.82, 2.24) is 10.3 Å². The number of rotatable bonds is 10. The molecule has 4 rings (SSSR count). The van der Waals surface area contributed by atoms with Crippen LogP contribution in [0, 0.1) is 0 Å². The van der Waals surface area contributed by atoms with Gasteiger partial charge in [0.1, 0.15) is 18.2 Å². The summed E-state index contributed by atoms with van der Waals surface area (Å²) < 4.78 is 11.3. The third-order valence-corrected chi connectivity index (χ3v) is 5.66. The smallest absolute Gasteiger partial charge is 0.319 e. The number of nitrogens with one attached hydrogen (secondary N) is 2. The van der Waals surface area contributed by atoms with Crippen LogP contribution in [0.25, 0.3) is 0 Å². The second kappa shape index (κ2) is 12.6. The first-order chi connectivity index (χ1) is 16.8. The Morgan fingerprint density at radius 3 is 2.65 bits per heavy atom. The second-order valence-corrected chi connectivity index (χ2v) is 8.26. The summed E-state index contributed by atoms with van der Waals surface area (Å²) in [4.78, 5) is 19.4. The molecule has 1 aliphatic heterocycles. The van der Waals surface area contributed by atoms with Crippen LogP contribution < -0.4 is 20.3 Å². The van der Waals surface area contributed by atoms with E-state index < -0.39 is 0 Å². The highest BCUT2D eigenvalue weighted by atomic mass is 16.5. The zero-order chi connectivity index (χ0) is 23.4. The molecule has 1 fully saturated rings. The van der Waals surface area contributed by atoms with E-state index in [0.29, 0.717) is 26.4 Å². The molecule has 3 aromatic rings. The summed E-state index contributed by atoms with van der Waals surface area (Å²) in [6.07, 6.45) is 5.45. The van der Waals surface area contributed by atoms with Crippen molar-refractivity contribution in [3.8, 4) is 5.75 Å². The molecule has 0 spiro atoms. The van der Waals surface area contributed by atoms with Crippen molar-refractivity contribution in [2.75, 3.05) is 36.5 Å². The molecule has 0 saturated carbocycles. The standard InChI is InChI=1S/C27H32N4O3/c32-27(29-20-23-10-8-14-28-26(23)31-15-5-2-6-16-31)30-24-11-7-9-22(19-24)21-33-17-18-34-25-12-3-1-4-13-25/h1,3-4,7-14,19H,2,5-6,15-18,20-21H2,(H2,29,30,32). The molecular formula is C27H32N4O3. The van der Waals surface area contributed by atoms with Gasteiger partial charge in [-0.3, -0.25) is 0 Å². The molecule has 7 nitrogen and oxygen atoms in total. The van der Waals surface area contributed by atoms with E-state index >= 15 is 0 Å². The van der Waals surface area contributed by atoms with Crippen LogP contribution in [0.5, 0.6) is 5.75 Å². The minimum atomic E-state index is -0.247. The van der Waals surface area contributed by atoms with E-state index in [4.69, 9.17) is 9.47 Å². The van der Waals surface area contributed by atoms with E-state index in [1.807, 2.05) is 72.9 Å². The third kappa shape index (κ3) is 7.22. The molecule has 1 aromatic heterocycles. The third-order valence-electron chi connectivity index (χ3n) is 5.66. The van der Waals surface area contributed by atoms with Gasteiger partial charge in [-0.25, -0.2) is 9.78 Å². The minimum absolute atomic E-state index is 0.247. The van der Waals surface area contributed by atoms with E-state index in [9.17, 15) is 4.79 Å². The van der Waals surface area contributed by atoms with Gasteiger partial charge in [-0.1, -0.05) is 36.4 Å². The molecule has 7 heteroatoms. The number of carbonyl (C=O) groups excluding carboxylic acids is 1. The SMILES string of the molecule is O=C(NCc1cccnc1N1CCCCC1)Nc1cccc(COCCOc2ccccc2)c1. The van der Waals surface area contributed by atoms with Crippen molar-refractivity contribution in [1.29, 1.82) is 0 Å². The van der Waals surface area contributed by atoms with E-state index in [0.717, 1.165) is 41.5 Å². The summed E-state index contributed by atoms with van der Waals surface area (Å²) in [7, 11) is 0. The van der Waals surface area contributed by atoms with Crippen LogP contribution in [0.4, 0.5) is 16.3 Å². The van der Waals surface area contributed by atoms with Gasteiger partial charge in [0.25, 0.3) is 0 Å².